The number of anilines is 1. The van der Waals surface area contributed by atoms with Gasteiger partial charge in [-0.1, -0.05) is 25.0 Å². The Morgan fingerprint density at radius 3 is 2.65 bits per heavy atom. The van der Waals surface area contributed by atoms with E-state index in [0.717, 1.165) is 42.6 Å². The van der Waals surface area contributed by atoms with Crippen LogP contribution in [0.3, 0.4) is 0 Å². The largest absolute Gasteiger partial charge is 0.326 e. The van der Waals surface area contributed by atoms with Crippen molar-refractivity contribution >= 4 is 35.8 Å². The minimum Gasteiger partial charge on any atom is -0.326 e. The highest BCUT2D eigenvalue weighted by molar-refractivity contribution is 7.99. The predicted molar refractivity (Wildman–Crippen MR) is 101 cm³/mol. The van der Waals surface area contributed by atoms with E-state index in [-0.39, 0.29) is 24.2 Å². The molecule has 2 aliphatic rings. The molecule has 1 aromatic rings. The SMILES string of the molecule is Cl.O=C(Nc1cccc(CSC2CCCC2)c1)C1CCNCC1. The third kappa shape index (κ3) is 5.70. The Kier molecular flexibility index (Phi) is 7.74. The zero-order chi connectivity index (χ0) is 15.2. The molecule has 1 heterocycles. The van der Waals surface area contributed by atoms with Gasteiger partial charge in [0.1, 0.15) is 0 Å². The number of amides is 1. The van der Waals surface area contributed by atoms with E-state index in [9.17, 15) is 4.79 Å². The molecule has 0 aromatic heterocycles. The maximum Gasteiger partial charge on any atom is 0.227 e. The van der Waals surface area contributed by atoms with E-state index in [4.69, 9.17) is 0 Å². The Labute approximate surface area is 149 Å². The average Bonchev–Trinajstić information content (AvgIpc) is 3.08. The number of halogens is 1. The van der Waals surface area contributed by atoms with Crippen molar-refractivity contribution in [3.8, 4) is 0 Å². The van der Waals surface area contributed by atoms with E-state index in [2.05, 4.69) is 40.6 Å². The fraction of sp³-hybridized carbons (Fsp3) is 0.611. The van der Waals surface area contributed by atoms with Gasteiger partial charge in [-0.2, -0.15) is 11.8 Å². The van der Waals surface area contributed by atoms with Crippen molar-refractivity contribution in [2.24, 2.45) is 5.92 Å². The first kappa shape index (κ1) is 18.6. The number of rotatable bonds is 5. The Morgan fingerprint density at radius 2 is 1.91 bits per heavy atom. The van der Waals surface area contributed by atoms with Crippen LogP contribution in [0.15, 0.2) is 24.3 Å². The van der Waals surface area contributed by atoms with E-state index in [0.29, 0.717) is 0 Å². The lowest BCUT2D eigenvalue weighted by molar-refractivity contribution is -0.120. The number of thioether (sulfide) groups is 1. The molecule has 0 spiro atoms. The Bertz CT molecular complexity index is 500. The molecule has 1 aromatic carbocycles. The van der Waals surface area contributed by atoms with Crippen LogP contribution in [0.4, 0.5) is 5.69 Å². The molecule has 1 amide bonds. The molecule has 2 N–H and O–H groups in total. The van der Waals surface area contributed by atoms with Crippen LogP contribution in [0.5, 0.6) is 0 Å². The molecule has 1 saturated heterocycles. The van der Waals surface area contributed by atoms with Gasteiger partial charge in [0.15, 0.2) is 0 Å². The monoisotopic (exact) mass is 354 g/mol. The van der Waals surface area contributed by atoms with Gasteiger partial charge < -0.3 is 10.6 Å². The smallest absolute Gasteiger partial charge is 0.227 e. The van der Waals surface area contributed by atoms with Crippen molar-refractivity contribution in [3.63, 3.8) is 0 Å². The van der Waals surface area contributed by atoms with E-state index in [1.54, 1.807) is 0 Å². The van der Waals surface area contributed by atoms with Crippen LogP contribution < -0.4 is 10.6 Å². The number of carbonyl (C=O) groups excluding carboxylic acids is 1. The standard InChI is InChI=1S/C18H26N2OS.ClH/c21-18(15-8-10-19-11-9-15)20-16-5-3-4-14(12-16)13-22-17-6-1-2-7-17;/h3-5,12,15,17,19H,1-2,6-11,13H2,(H,20,21);1H. The molecule has 2 fully saturated rings. The summed E-state index contributed by atoms with van der Waals surface area (Å²) in [6.45, 7) is 1.91. The molecule has 0 bridgehead atoms. The Balaban J connectivity index is 0.00000192. The molecular weight excluding hydrogens is 328 g/mol. The summed E-state index contributed by atoms with van der Waals surface area (Å²) in [5.74, 6) is 1.40. The van der Waals surface area contributed by atoms with Gasteiger partial charge in [-0.15, -0.1) is 12.4 Å². The highest BCUT2D eigenvalue weighted by Gasteiger charge is 2.21. The van der Waals surface area contributed by atoms with E-state index >= 15 is 0 Å². The van der Waals surface area contributed by atoms with Crippen LogP contribution in [-0.2, 0) is 10.5 Å². The maximum atomic E-state index is 12.3. The third-order valence-electron chi connectivity index (χ3n) is 4.69. The van der Waals surface area contributed by atoms with Gasteiger partial charge in [-0.05, 0) is 56.5 Å². The molecule has 3 nitrogen and oxygen atoms in total. The van der Waals surface area contributed by atoms with E-state index < -0.39 is 0 Å². The summed E-state index contributed by atoms with van der Waals surface area (Å²) in [6, 6.07) is 8.37. The van der Waals surface area contributed by atoms with Crippen molar-refractivity contribution < 1.29 is 4.79 Å². The number of hydrogen-bond donors (Lipinski definition) is 2. The number of nitrogens with one attached hydrogen (secondary N) is 2. The van der Waals surface area contributed by atoms with Crippen molar-refractivity contribution in [1.29, 1.82) is 0 Å². The van der Waals surface area contributed by atoms with Gasteiger partial charge in [0, 0.05) is 22.6 Å². The second kappa shape index (κ2) is 9.55. The summed E-state index contributed by atoms with van der Waals surface area (Å²) in [5, 5.41) is 7.25. The molecule has 0 atom stereocenters. The van der Waals surface area contributed by atoms with Crippen LogP contribution >= 0.6 is 24.2 Å². The Morgan fingerprint density at radius 1 is 1.17 bits per heavy atom. The van der Waals surface area contributed by atoms with E-state index in [1.807, 2.05) is 6.07 Å². The molecule has 1 aliphatic carbocycles. The molecule has 128 valence electrons. The number of hydrogen-bond acceptors (Lipinski definition) is 3. The number of carbonyl (C=O) groups is 1. The van der Waals surface area contributed by atoms with Crippen LogP contribution in [0.2, 0.25) is 0 Å². The summed E-state index contributed by atoms with van der Waals surface area (Å²) in [6.07, 6.45) is 7.42. The van der Waals surface area contributed by atoms with Gasteiger partial charge in [0.05, 0.1) is 0 Å². The summed E-state index contributed by atoms with van der Waals surface area (Å²) < 4.78 is 0. The summed E-state index contributed by atoms with van der Waals surface area (Å²) in [4.78, 5) is 12.3. The molecule has 1 aliphatic heterocycles. The fourth-order valence-electron chi connectivity index (χ4n) is 3.34. The zero-order valence-electron chi connectivity index (χ0n) is 13.6. The van der Waals surface area contributed by atoms with Crippen LogP contribution in [-0.4, -0.2) is 24.2 Å². The van der Waals surface area contributed by atoms with Crippen LogP contribution in [0.25, 0.3) is 0 Å². The molecule has 23 heavy (non-hydrogen) atoms. The average molecular weight is 355 g/mol. The highest BCUT2D eigenvalue weighted by Crippen LogP contribution is 2.32. The lowest BCUT2D eigenvalue weighted by Crippen LogP contribution is -2.34. The second-order valence-electron chi connectivity index (χ2n) is 6.43. The van der Waals surface area contributed by atoms with Gasteiger partial charge in [-0.25, -0.2) is 0 Å². The fourth-order valence-corrected chi connectivity index (χ4v) is 4.61. The van der Waals surface area contributed by atoms with Gasteiger partial charge in [0.25, 0.3) is 0 Å². The van der Waals surface area contributed by atoms with Crippen molar-refractivity contribution in [1.82, 2.24) is 5.32 Å². The third-order valence-corrected chi connectivity index (χ3v) is 6.14. The van der Waals surface area contributed by atoms with Crippen LogP contribution in [0, 0.1) is 5.92 Å². The Hall–Kier alpha value is -0.710. The molecule has 0 unspecified atom stereocenters. The normalized spacial score (nSPS) is 19.3. The minimum atomic E-state index is 0. The first-order chi connectivity index (χ1) is 10.8. The van der Waals surface area contributed by atoms with Crippen molar-refractivity contribution in [2.75, 3.05) is 18.4 Å². The zero-order valence-corrected chi connectivity index (χ0v) is 15.2. The molecule has 3 rings (SSSR count). The summed E-state index contributed by atoms with van der Waals surface area (Å²) in [7, 11) is 0. The van der Waals surface area contributed by atoms with E-state index in [1.165, 1.54) is 31.2 Å². The molecule has 1 saturated carbocycles. The molecule has 0 radical (unpaired) electrons. The van der Waals surface area contributed by atoms with Gasteiger partial charge >= 0.3 is 0 Å². The van der Waals surface area contributed by atoms with Gasteiger partial charge in [0.2, 0.25) is 5.91 Å². The van der Waals surface area contributed by atoms with Gasteiger partial charge in [-0.3, -0.25) is 4.79 Å². The number of piperidine rings is 1. The predicted octanol–water partition coefficient (Wildman–Crippen LogP) is 4.22. The lowest BCUT2D eigenvalue weighted by atomic mass is 9.97. The summed E-state index contributed by atoms with van der Waals surface area (Å²) >= 11 is 2.07. The molecule has 5 heteroatoms. The summed E-state index contributed by atoms with van der Waals surface area (Å²) in [5.41, 5.74) is 2.27. The first-order valence-electron chi connectivity index (χ1n) is 8.53. The van der Waals surface area contributed by atoms with Crippen molar-refractivity contribution in [2.45, 2.75) is 49.5 Å². The molecular formula is C18H27ClN2OS. The maximum absolute atomic E-state index is 12.3. The van der Waals surface area contributed by atoms with Crippen LogP contribution in [0.1, 0.15) is 44.1 Å². The quantitative estimate of drug-likeness (QED) is 0.831. The highest BCUT2D eigenvalue weighted by atomic mass is 35.5. The topological polar surface area (TPSA) is 41.1 Å². The second-order valence-corrected chi connectivity index (χ2v) is 7.72. The number of benzene rings is 1. The minimum absolute atomic E-state index is 0. The first-order valence-corrected chi connectivity index (χ1v) is 9.58. The lowest BCUT2D eigenvalue weighted by Gasteiger charge is -2.21. The van der Waals surface area contributed by atoms with Crippen molar-refractivity contribution in [3.05, 3.63) is 29.8 Å².